The van der Waals surface area contributed by atoms with Crippen molar-refractivity contribution in [2.24, 2.45) is 0 Å². The highest BCUT2D eigenvalue weighted by Crippen LogP contribution is 2.35. The highest BCUT2D eigenvalue weighted by Gasteiger charge is 2.26. The first-order chi connectivity index (χ1) is 8.38. The van der Waals surface area contributed by atoms with E-state index in [1.807, 2.05) is 25.4 Å². The number of hydrogen-bond donors (Lipinski definition) is 1. The number of fused-ring (bicyclic) bond motifs is 1. The largest absolute Gasteiger partial charge is 0.357 e. The summed E-state index contributed by atoms with van der Waals surface area (Å²) in [6.07, 6.45) is 5.84. The van der Waals surface area contributed by atoms with E-state index in [1.165, 1.54) is 11.3 Å². The molecule has 2 aromatic heterocycles. The van der Waals surface area contributed by atoms with Crippen LogP contribution in [0.3, 0.4) is 0 Å². The van der Waals surface area contributed by atoms with Gasteiger partial charge in [0.2, 0.25) is 5.95 Å². The number of nitrogens with zero attached hydrogens (tertiary/aromatic N) is 3. The van der Waals surface area contributed by atoms with Crippen LogP contribution in [0.4, 0.5) is 5.95 Å². The van der Waals surface area contributed by atoms with Gasteiger partial charge in [0.05, 0.1) is 11.4 Å². The minimum atomic E-state index is 0.321. The summed E-state index contributed by atoms with van der Waals surface area (Å²) >= 11 is 0. The SMILES string of the molecule is CNc1nccc(C2CCc3cccnc32)n1. The molecule has 0 saturated heterocycles. The lowest BCUT2D eigenvalue weighted by atomic mass is 10.0. The highest BCUT2D eigenvalue weighted by atomic mass is 15.1. The van der Waals surface area contributed by atoms with Crippen LogP contribution in [0, 0.1) is 0 Å². The molecule has 0 saturated carbocycles. The quantitative estimate of drug-likeness (QED) is 0.850. The van der Waals surface area contributed by atoms with Gasteiger partial charge in [-0.05, 0) is 30.5 Å². The minimum Gasteiger partial charge on any atom is -0.357 e. The summed E-state index contributed by atoms with van der Waals surface area (Å²) in [5.41, 5.74) is 3.58. The predicted molar refractivity (Wildman–Crippen MR) is 66.0 cm³/mol. The van der Waals surface area contributed by atoms with Crippen molar-refractivity contribution in [2.45, 2.75) is 18.8 Å². The third-order valence-electron chi connectivity index (χ3n) is 3.22. The molecule has 4 nitrogen and oxygen atoms in total. The van der Waals surface area contributed by atoms with Crippen LogP contribution in [0.1, 0.15) is 29.3 Å². The van der Waals surface area contributed by atoms with Gasteiger partial charge in [-0.25, -0.2) is 9.97 Å². The zero-order valence-corrected chi connectivity index (χ0v) is 9.72. The van der Waals surface area contributed by atoms with Crippen LogP contribution in [0.5, 0.6) is 0 Å². The van der Waals surface area contributed by atoms with Crippen LogP contribution < -0.4 is 5.32 Å². The number of pyridine rings is 1. The molecular formula is C13H14N4. The van der Waals surface area contributed by atoms with Crippen molar-refractivity contribution < 1.29 is 0 Å². The van der Waals surface area contributed by atoms with E-state index in [-0.39, 0.29) is 0 Å². The van der Waals surface area contributed by atoms with Gasteiger partial charge in [-0.1, -0.05) is 6.07 Å². The zero-order valence-electron chi connectivity index (χ0n) is 9.72. The number of hydrogen-bond acceptors (Lipinski definition) is 4. The fourth-order valence-corrected chi connectivity index (χ4v) is 2.39. The van der Waals surface area contributed by atoms with Crippen molar-refractivity contribution in [3.8, 4) is 0 Å². The predicted octanol–water partition coefficient (Wildman–Crippen LogP) is 1.99. The summed E-state index contributed by atoms with van der Waals surface area (Å²) < 4.78 is 0. The molecule has 3 rings (SSSR count). The molecule has 1 atom stereocenters. The van der Waals surface area contributed by atoms with Crippen LogP contribution in [-0.4, -0.2) is 22.0 Å². The third-order valence-corrected chi connectivity index (χ3v) is 3.22. The number of anilines is 1. The van der Waals surface area contributed by atoms with Gasteiger partial charge in [-0.2, -0.15) is 0 Å². The first-order valence-corrected chi connectivity index (χ1v) is 5.83. The normalized spacial score (nSPS) is 17.8. The minimum absolute atomic E-state index is 0.321. The molecular weight excluding hydrogens is 212 g/mol. The Morgan fingerprint density at radius 2 is 2.18 bits per heavy atom. The van der Waals surface area contributed by atoms with Gasteiger partial charge < -0.3 is 5.32 Å². The molecule has 0 bridgehead atoms. The molecule has 0 amide bonds. The maximum Gasteiger partial charge on any atom is 0.222 e. The Morgan fingerprint density at radius 3 is 3.06 bits per heavy atom. The summed E-state index contributed by atoms with van der Waals surface area (Å²) in [5, 5.41) is 2.97. The Hall–Kier alpha value is -1.97. The van der Waals surface area contributed by atoms with Gasteiger partial charge in [-0.3, -0.25) is 4.98 Å². The van der Waals surface area contributed by atoms with Gasteiger partial charge >= 0.3 is 0 Å². The Labute approximate surface area is 100 Å². The Morgan fingerprint density at radius 1 is 1.24 bits per heavy atom. The Kier molecular flexibility index (Phi) is 2.48. The van der Waals surface area contributed by atoms with Crippen molar-refractivity contribution >= 4 is 5.95 Å². The average Bonchev–Trinajstić information content (AvgIpc) is 2.82. The molecule has 0 aliphatic heterocycles. The molecule has 0 radical (unpaired) electrons. The summed E-state index contributed by atoms with van der Waals surface area (Å²) in [6, 6.07) is 6.14. The molecule has 86 valence electrons. The van der Waals surface area contributed by atoms with Crippen LogP contribution in [-0.2, 0) is 6.42 Å². The lowest BCUT2D eigenvalue weighted by molar-refractivity contribution is 0.743. The smallest absolute Gasteiger partial charge is 0.222 e. The lowest BCUT2D eigenvalue weighted by Gasteiger charge is -2.10. The number of nitrogens with one attached hydrogen (secondary N) is 1. The van der Waals surface area contributed by atoms with Crippen molar-refractivity contribution in [3.05, 3.63) is 47.5 Å². The molecule has 2 aromatic rings. The van der Waals surface area contributed by atoms with Crippen LogP contribution in [0.2, 0.25) is 0 Å². The number of rotatable bonds is 2. The van der Waals surface area contributed by atoms with Gasteiger partial charge in [0.15, 0.2) is 0 Å². The molecule has 1 aliphatic carbocycles. The van der Waals surface area contributed by atoms with Crippen LogP contribution in [0.25, 0.3) is 0 Å². The van der Waals surface area contributed by atoms with E-state index in [0.717, 1.165) is 18.5 Å². The highest BCUT2D eigenvalue weighted by molar-refractivity contribution is 5.36. The topological polar surface area (TPSA) is 50.7 Å². The molecule has 1 aliphatic rings. The van der Waals surface area contributed by atoms with E-state index >= 15 is 0 Å². The first-order valence-electron chi connectivity index (χ1n) is 5.83. The summed E-state index contributed by atoms with van der Waals surface area (Å²) in [5.74, 6) is 0.994. The summed E-state index contributed by atoms with van der Waals surface area (Å²) in [6.45, 7) is 0. The second-order valence-corrected chi connectivity index (χ2v) is 4.19. The molecule has 1 unspecified atom stereocenters. The third kappa shape index (κ3) is 1.75. The molecule has 17 heavy (non-hydrogen) atoms. The van der Waals surface area contributed by atoms with Gasteiger partial charge in [0, 0.05) is 25.4 Å². The molecule has 4 heteroatoms. The fraction of sp³-hybridized carbons (Fsp3) is 0.308. The van der Waals surface area contributed by atoms with Crippen molar-refractivity contribution in [1.82, 2.24) is 15.0 Å². The van der Waals surface area contributed by atoms with E-state index < -0.39 is 0 Å². The van der Waals surface area contributed by atoms with Crippen molar-refractivity contribution in [3.63, 3.8) is 0 Å². The van der Waals surface area contributed by atoms with E-state index in [0.29, 0.717) is 11.9 Å². The van der Waals surface area contributed by atoms with Crippen LogP contribution >= 0.6 is 0 Å². The zero-order chi connectivity index (χ0) is 11.7. The fourth-order valence-electron chi connectivity index (χ4n) is 2.39. The van der Waals surface area contributed by atoms with E-state index in [9.17, 15) is 0 Å². The molecule has 2 heterocycles. The summed E-state index contributed by atoms with van der Waals surface area (Å²) in [7, 11) is 1.83. The standard InChI is InChI=1S/C13H14N4/c1-14-13-16-8-6-11(17-13)10-5-4-9-3-2-7-15-12(9)10/h2-3,6-8,10H,4-5H2,1H3,(H,14,16,17). The first kappa shape index (κ1) is 10.2. The monoisotopic (exact) mass is 226 g/mol. The van der Waals surface area contributed by atoms with E-state index in [4.69, 9.17) is 0 Å². The molecule has 0 spiro atoms. The Bertz CT molecular complexity index is 538. The van der Waals surface area contributed by atoms with Gasteiger partial charge in [0.1, 0.15) is 0 Å². The maximum absolute atomic E-state index is 4.51. The lowest BCUT2D eigenvalue weighted by Crippen LogP contribution is -2.04. The molecule has 0 fully saturated rings. The van der Waals surface area contributed by atoms with Crippen molar-refractivity contribution in [2.75, 3.05) is 12.4 Å². The van der Waals surface area contributed by atoms with Crippen LogP contribution in [0.15, 0.2) is 30.6 Å². The number of aromatic nitrogens is 3. The van der Waals surface area contributed by atoms with Crippen molar-refractivity contribution in [1.29, 1.82) is 0 Å². The second-order valence-electron chi connectivity index (χ2n) is 4.19. The van der Waals surface area contributed by atoms with Gasteiger partial charge in [0.25, 0.3) is 0 Å². The second kappa shape index (κ2) is 4.13. The summed E-state index contributed by atoms with van der Waals surface area (Å²) in [4.78, 5) is 13.1. The van der Waals surface area contributed by atoms with Gasteiger partial charge in [-0.15, -0.1) is 0 Å². The maximum atomic E-state index is 4.51. The molecule has 0 aromatic carbocycles. The van der Waals surface area contributed by atoms with E-state index in [2.05, 4.69) is 26.3 Å². The molecule has 1 N–H and O–H groups in total. The number of aryl methyl sites for hydroxylation is 1. The Balaban J connectivity index is 2.01. The van der Waals surface area contributed by atoms with E-state index in [1.54, 1.807) is 6.20 Å². The average molecular weight is 226 g/mol.